The molecule has 47 heavy (non-hydrogen) atoms. The van der Waals surface area contributed by atoms with Gasteiger partial charge in [-0.15, -0.1) is 23.1 Å². The molecule has 1 aromatic heterocycles. The lowest BCUT2D eigenvalue weighted by atomic mass is 10.0. The molecule has 0 spiro atoms. The Morgan fingerprint density at radius 2 is 1.68 bits per heavy atom. The zero-order valence-corrected chi connectivity index (χ0v) is 27.9. The van der Waals surface area contributed by atoms with E-state index in [1.165, 1.54) is 48.4 Å². The average Bonchev–Trinajstić information content (AvgIpc) is 3.40. The first kappa shape index (κ1) is 33.7. The van der Waals surface area contributed by atoms with Crippen LogP contribution in [0.5, 0.6) is 0 Å². The molecule has 12 heteroatoms. The van der Waals surface area contributed by atoms with E-state index in [4.69, 9.17) is 9.47 Å². The summed E-state index contributed by atoms with van der Waals surface area (Å²) in [5, 5.41) is 5.28. The topological polar surface area (TPSA) is 114 Å². The van der Waals surface area contributed by atoms with Crippen molar-refractivity contribution in [2.45, 2.75) is 49.5 Å². The second-order valence-electron chi connectivity index (χ2n) is 11.7. The summed E-state index contributed by atoms with van der Waals surface area (Å²) in [6, 6.07) is 21.8. The van der Waals surface area contributed by atoms with E-state index >= 15 is 0 Å². The first-order valence-corrected chi connectivity index (χ1v) is 16.5. The van der Waals surface area contributed by atoms with Gasteiger partial charge in [-0.25, -0.2) is 14.0 Å². The summed E-state index contributed by atoms with van der Waals surface area (Å²) in [5.74, 6) is -2.18. The van der Waals surface area contributed by atoms with Crippen molar-refractivity contribution in [3.05, 3.63) is 112 Å². The van der Waals surface area contributed by atoms with Crippen LogP contribution in [0.25, 0.3) is 0 Å². The number of fused-ring (bicyclic) bond motifs is 1. The number of hydrogen-bond acceptors (Lipinski definition) is 8. The lowest BCUT2D eigenvalue weighted by Crippen LogP contribution is -2.39. The fourth-order valence-corrected chi connectivity index (χ4v) is 7.33. The lowest BCUT2D eigenvalue weighted by molar-refractivity contribution is -0.115. The molecule has 5 rings (SSSR count). The Hall–Kier alpha value is -4.68. The predicted molar refractivity (Wildman–Crippen MR) is 180 cm³/mol. The highest BCUT2D eigenvalue weighted by molar-refractivity contribution is 8.00. The van der Waals surface area contributed by atoms with Crippen molar-refractivity contribution < 1.29 is 33.0 Å². The number of thiophene rings is 1. The summed E-state index contributed by atoms with van der Waals surface area (Å²) in [6.07, 6.45) is -0.0530. The van der Waals surface area contributed by atoms with Crippen molar-refractivity contribution in [3.63, 3.8) is 0 Å². The molecule has 2 N–H and O–H groups in total. The van der Waals surface area contributed by atoms with Gasteiger partial charge in [0.15, 0.2) is 0 Å². The molecule has 3 amide bonds. The van der Waals surface area contributed by atoms with Crippen molar-refractivity contribution in [1.29, 1.82) is 0 Å². The summed E-state index contributed by atoms with van der Waals surface area (Å²) in [7, 11) is 1.29. The van der Waals surface area contributed by atoms with Gasteiger partial charge in [0.05, 0.1) is 24.8 Å². The number of hydrogen-bond donors (Lipinski definition) is 2. The van der Waals surface area contributed by atoms with E-state index in [9.17, 15) is 23.6 Å². The maximum atomic E-state index is 14.2. The molecule has 0 saturated heterocycles. The minimum Gasteiger partial charge on any atom is -0.465 e. The van der Waals surface area contributed by atoms with Crippen molar-refractivity contribution in [2.75, 3.05) is 24.3 Å². The Balaban J connectivity index is 1.40. The first-order chi connectivity index (χ1) is 22.4. The van der Waals surface area contributed by atoms with Gasteiger partial charge < -0.3 is 25.0 Å². The molecule has 0 saturated carbocycles. The summed E-state index contributed by atoms with van der Waals surface area (Å²) >= 11 is 2.49. The standard InChI is InChI=1S/C35H34FN3O6S2/c1-35(2,3)45-34(43)39-18-17-25-27(20-39)47-32(28(25)33(42)44-4)38-31(41)29(21-11-6-5-7-12-21)46-23-14-10-13-22(19-23)37-30(40)24-15-8-9-16-26(24)36/h5-16,19,29H,17-18,20H2,1-4H3,(H,37,40)(H,38,41). The largest absolute Gasteiger partial charge is 0.465 e. The first-order valence-electron chi connectivity index (χ1n) is 14.8. The van der Waals surface area contributed by atoms with Crippen LogP contribution in [-0.2, 0) is 27.2 Å². The van der Waals surface area contributed by atoms with Gasteiger partial charge in [-0.3, -0.25) is 9.59 Å². The Kier molecular flexibility index (Phi) is 10.3. The highest BCUT2D eigenvalue weighted by Crippen LogP contribution is 2.41. The van der Waals surface area contributed by atoms with Gasteiger partial charge in [0.25, 0.3) is 5.91 Å². The third-order valence-electron chi connectivity index (χ3n) is 7.14. The average molecular weight is 676 g/mol. The number of benzene rings is 3. The molecule has 1 atom stereocenters. The maximum Gasteiger partial charge on any atom is 0.410 e. The van der Waals surface area contributed by atoms with Gasteiger partial charge in [0.2, 0.25) is 5.91 Å². The second kappa shape index (κ2) is 14.4. The molecule has 0 bridgehead atoms. The zero-order chi connectivity index (χ0) is 33.7. The molecule has 3 aromatic carbocycles. The van der Waals surface area contributed by atoms with Crippen molar-refractivity contribution in [2.24, 2.45) is 0 Å². The Morgan fingerprint density at radius 3 is 2.38 bits per heavy atom. The summed E-state index contributed by atoms with van der Waals surface area (Å²) in [5.41, 5.74) is 1.43. The van der Waals surface area contributed by atoms with Gasteiger partial charge in [-0.2, -0.15) is 0 Å². The van der Waals surface area contributed by atoms with Crippen LogP contribution in [-0.4, -0.2) is 48.0 Å². The van der Waals surface area contributed by atoms with Crippen molar-refractivity contribution in [1.82, 2.24) is 4.90 Å². The van der Waals surface area contributed by atoms with Crippen LogP contribution in [0.3, 0.4) is 0 Å². The number of rotatable bonds is 8. The highest BCUT2D eigenvalue weighted by atomic mass is 32.2. The molecule has 1 aliphatic heterocycles. The summed E-state index contributed by atoms with van der Waals surface area (Å²) < 4.78 is 24.8. The van der Waals surface area contributed by atoms with Crippen molar-refractivity contribution in [3.8, 4) is 0 Å². The number of anilines is 2. The number of nitrogens with zero attached hydrogens (tertiary/aromatic N) is 1. The third kappa shape index (κ3) is 8.19. The van der Waals surface area contributed by atoms with E-state index in [2.05, 4.69) is 10.6 Å². The minimum atomic E-state index is -0.753. The molecule has 1 aliphatic rings. The Labute approximate surface area is 280 Å². The Bertz CT molecular complexity index is 1800. The number of halogens is 1. The molecule has 0 radical (unpaired) electrons. The number of nitrogens with one attached hydrogen (secondary N) is 2. The quantitative estimate of drug-likeness (QED) is 0.145. The van der Waals surface area contributed by atoms with E-state index < -0.39 is 34.6 Å². The molecule has 0 fully saturated rings. The van der Waals surface area contributed by atoms with Gasteiger partial charge in [-0.1, -0.05) is 48.5 Å². The van der Waals surface area contributed by atoms with E-state index in [0.29, 0.717) is 34.1 Å². The second-order valence-corrected chi connectivity index (χ2v) is 14.0. The number of methoxy groups -OCH3 is 1. The van der Waals surface area contributed by atoms with Crippen LogP contribution in [0.2, 0.25) is 0 Å². The monoisotopic (exact) mass is 675 g/mol. The summed E-state index contributed by atoms with van der Waals surface area (Å²) in [6.45, 7) is 5.98. The maximum absolute atomic E-state index is 14.2. The molecule has 0 aliphatic carbocycles. The van der Waals surface area contributed by atoms with Gasteiger partial charge in [0.1, 0.15) is 21.7 Å². The van der Waals surface area contributed by atoms with Gasteiger partial charge in [0, 0.05) is 22.0 Å². The number of esters is 1. The van der Waals surface area contributed by atoms with Crippen LogP contribution in [0.1, 0.15) is 62.7 Å². The van der Waals surface area contributed by atoms with E-state index in [0.717, 1.165) is 10.4 Å². The van der Waals surface area contributed by atoms with Crippen LogP contribution >= 0.6 is 23.1 Å². The molecule has 1 unspecified atom stereocenters. The fraction of sp³-hybridized carbons (Fsp3) is 0.257. The van der Waals surface area contributed by atoms with Crippen LogP contribution in [0.4, 0.5) is 19.9 Å². The third-order valence-corrected chi connectivity index (χ3v) is 9.52. The molecule has 9 nitrogen and oxygen atoms in total. The molecule has 244 valence electrons. The van der Waals surface area contributed by atoms with Crippen LogP contribution in [0.15, 0.2) is 83.8 Å². The van der Waals surface area contributed by atoms with Crippen molar-refractivity contribution >= 4 is 57.7 Å². The highest BCUT2D eigenvalue weighted by Gasteiger charge is 2.33. The van der Waals surface area contributed by atoms with E-state index in [-0.39, 0.29) is 23.6 Å². The lowest BCUT2D eigenvalue weighted by Gasteiger charge is -2.30. The SMILES string of the molecule is COC(=O)c1c(NC(=O)C(Sc2cccc(NC(=O)c3ccccc3F)c2)c2ccccc2)sc2c1CCN(C(=O)OC(C)(C)C)C2. The van der Waals surface area contributed by atoms with Gasteiger partial charge >= 0.3 is 12.1 Å². The predicted octanol–water partition coefficient (Wildman–Crippen LogP) is 7.69. The normalized spacial score (nSPS) is 13.3. The summed E-state index contributed by atoms with van der Waals surface area (Å²) in [4.78, 5) is 55.6. The zero-order valence-electron chi connectivity index (χ0n) is 26.3. The molecule has 2 heterocycles. The number of thioether (sulfide) groups is 1. The van der Waals surface area contributed by atoms with Crippen LogP contribution < -0.4 is 10.6 Å². The molecular weight excluding hydrogens is 642 g/mol. The minimum absolute atomic E-state index is 0.0821. The smallest absolute Gasteiger partial charge is 0.410 e. The number of amides is 3. The fourth-order valence-electron chi connectivity index (χ4n) is 5.00. The number of ether oxygens (including phenoxy) is 2. The number of carbonyl (C=O) groups excluding carboxylic acids is 4. The van der Waals surface area contributed by atoms with E-state index in [1.807, 2.05) is 36.4 Å². The number of carbonyl (C=O) groups is 4. The van der Waals surface area contributed by atoms with E-state index in [1.54, 1.807) is 49.9 Å². The Morgan fingerprint density at radius 1 is 0.957 bits per heavy atom. The van der Waals surface area contributed by atoms with Gasteiger partial charge in [-0.05, 0) is 68.7 Å². The molecule has 4 aromatic rings. The molecular formula is C35H34FN3O6S2. The van der Waals surface area contributed by atoms with Crippen LogP contribution in [0, 0.1) is 5.82 Å².